The molecular weight excluding hydrogens is 252 g/mol. The normalized spacial score (nSPS) is 10.9. The molecule has 0 unspecified atom stereocenters. The van der Waals surface area contributed by atoms with Crippen LogP contribution in [-0.4, -0.2) is 17.4 Å². The molecule has 0 aliphatic rings. The molecule has 102 valence electrons. The van der Waals surface area contributed by atoms with Crippen molar-refractivity contribution in [3.8, 4) is 0 Å². The van der Waals surface area contributed by atoms with Crippen LogP contribution in [0.3, 0.4) is 0 Å². The molecule has 2 aromatic carbocycles. The van der Waals surface area contributed by atoms with Gasteiger partial charge in [-0.2, -0.15) is 0 Å². The Labute approximate surface area is 117 Å². The Morgan fingerprint density at radius 3 is 2.75 bits per heavy atom. The zero-order chi connectivity index (χ0) is 14.1. The van der Waals surface area contributed by atoms with Crippen LogP contribution in [0.4, 0.5) is 11.4 Å². The van der Waals surface area contributed by atoms with Crippen LogP contribution >= 0.6 is 0 Å². The van der Waals surface area contributed by atoms with Gasteiger partial charge >= 0.3 is 0 Å². The van der Waals surface area contributed by atoms with Gasteiger partial charge in [0.15, 0.2) is 11.0 Å². The Kier molecular flexibility index (Phi) is 3.02. The molecule has 0 saturated heterocycles. The van der Waals surface area contributed by atoms with Gasteiger partial charge in [0.1, 0.15) is 0 Å². The molecule has 0 aliphatic heterocycles. The van der Waals surface area contributed by atoms with E-state index in [1.807, 2.05) is 19.2 Å². The maximum atomic E-state index is 5.86. The van der Waals surface area contributed by atoms with Crippen molar-refractivity contribution in [3.63, 3.8) is 0 Å². The van der Waals surface area contributed by atoms with E-state index in [1.54, 1.807) is 0 Å². The highest BCUT2D eigenvalue weighted by atomic mass is 16.6. The lowest BCUT2D eigenvalue weighted by molar-refractivity contribution is 0.315. The van der Waals surface area contributed by atoms with Gasteiger partial charge in [0.05, 0.1) is 11.4 Å². The van der Waals surface area contributed by atoms with E-state index >= 15 is 0 Å². The van der Waals surface area contributed by atoms with Gasteiger partial charge in [-0.1, -0.05) is 29.8 Å². The van der Waals surface area contributed by atoms with Crippen molar-refractivity contribution < 1.29 is 4.63 Å². The fraction of sp³-hybridized carbons (Fsp3) is 0.200. The largest absolute Gasteiger partial charge is 0.397 e. The third-order valence-electron chi connectivity index (χ3n) is 3.34. The molecule has 0 radical (unpaired) electrons. The Bertz CT molecular complexity index is 750. The summed E-state index contributed by atoms with van der Waals surface area (Å²) in [7, 11) is 2.02. The maximum absolute atomic E-state index is 5.86. The third kappa shape index (κ3) is 2.18. The fourth-order valence-electron chi connectivity index (χ4n) is 2.35. The van der Waals surface area contributed by atoms with Gasteiger partial charge in [-0.15, -0.1) is 0 Å². The van der Waals surface area contributed by atoms with Crippen molar-refractivity contribution in [2.24, 2.45) is 0 Å². The lowest BCUT2D eigenvalue weighted by Gasteiger charge is -2.19. The molecule has 0 spiro atoms. The van der Waals surface area contributed by atoms with Crippen molar-refractivity contribution in [3.05, 3.63) is 47.5 Å². The number of aryl methyl sites for hydroxylation is 1. The SMILES string of the molecule is Cc1cccc(CN(C)c2ccc(N)c3nonc23)c1. The summed E-state index contributed by atoms with van der Waals surface area (Å²) in [5.74, 6) is 0. The number of hydrogen-bond acceptors (Lipinski definition) is 5. The number of rotatable bonds is 3. The van der Waals surface area contributed by atoms with E-state index in [4.69, 9.17) is 10.4 Å². The zero-order valence-electron chi connectivity index (χ0n) is 11.5. The maximum Gasteiger partial charge on any atom is 0.160 e. The molecule has 2 N–H and O–H groups in total. The van der Waals surface area contributed by atoms with Crippen LogP contribution in [0, 0.1) is 6.92 Å². The molecular formula is C15H16N4O. The number of aromatic nitrogens is 2. The number of benzene rings is 2. The molecule has 0 aliphatic carbocycles. The van der Waals surface area contributed by atoms with Crippen molar-refractivity contribution >= 4 is 22.4 Å². The highest BCUT2D eigenvalue weighted by Crippen LogP contribution is 2.28. The van der Waals surface area contributed by atoms with E-state index in [9.17, 15) is 0 Å². The summed E-state index contributed by atoms with van der Waals surface area (Å²) < 4.78 is 4.80. The van der Waals surface area contributed by atoms with Crippen molar-refractivity contribution in [2.75, 3.05) is 17.7 Å². The number of nitrogens with two attached hydrogens (primary N) is 1. The summed E-state index contributed by atoms with van der Waals surface area (Å²) in [4.78, 5) is 2.11. The number of anilines is 2. The van der Waals surface area contributed by atoms with Crippen LogP contribution in [0.5, 0.6) is 0 Å². The highest BCUT2D eigenvalue weighted by Gasteiger charge is 2.13. The molecule has 0 bridgehead atoms. The monoisotopic (exact) mass is 268 g/mol. The Hall–Kier alpha value is -2.56. The smallest absolute Gasteiger partial charge is 0.160 e. The van der Waals surface area contributed by atoms with Gasteiger partial charge in [0.25, 0.3) is 0 Å². The average molecular weight is 268 g/mol. The van der Waals surface area contributed by atoms with Crippen LogP contribution in [0.15, 0.2) is 41.0 Å². The van der Waals surface area contributed by atoms with Crippen LogP contribution in [-0.2, 0) is 6.54 Å². The average Bonchev–Trinajstić information content (AvgIpc) is 2.89. The Balaban J connectivity index is 1.95. The van der Waals surface area contributed by atoms with Gasteiger partial charge in [-0.05, 0) is 34.9 Å². The fourth-order valence-corrected chi connectivity index (χ4v) is 2.35. The van der Waals surface area contributed by atoms with Crippen LogP contribution in [0.2, 0.25) is 0 Å². The predicted molar refractivity (Wildman–Crippen MR) is 79.5 cm³/mol. The van der Waals surface area contributed by atoms with E-state index in [0.29, 0.717) is 16.7 Å². The molecule has 1 aromatic heterocycles. The summed E-state index contributed by atoms with van der Waals surface area (Å²) in [6.07, 6.45) is 0. The summed E-state index contributed by atoms with van der Waals surface area (Å²) in [5, 5.41) is 7.80. The second kappa shape index (κ2) is 4.85. The van der Waals surface area contributed by atoms with Crippen LogP contribution < -0.4 is 10.6 Å². The number of hydrogen-bond donors (Lipinski definition) is 1. The standard InChI is InChI=1S/C15H16N4O/c1-10-4-3-5-11(8-10)9-19(2)13-7-6-12(16)14-15(13)18-20-17-14/h3-8H,9,16H2,1-2H3. The van der Waals surface area contributed by atoms with E-state index in [-0.39, 0.29) is 0 Å². The first-order valence-corrected chi connectivity index (χ1v) is 6.42. The molecule has 3 aromatic rings. The lowest BCUT2D eigenvalue weighted by Crippen LogP contribution is -2.17. The third-order valence-corrected chi connectivity index (χ3v) is 3.34. The summed E-state index contributed by atoms with van der Waals surface area (Å²) in [6.45, 7) is 2.88. The van der Waals surface area contributed by atoms with Gasteiger partial charge in [0, 0.05) is 13.6 Å². The zero-order valence-corrected chi connectivity index (χ0v) is 11.5. The number of fused-ring (bicyclic) bond motifs is 1. The van der Waals surface area contributed by atoms with E-state index in [1.165, 1.54) is 11.1 Å². The molecule has 3 rings (SSSR count). The van der Waals surface area contributed by atoms with E-state index in [0.717, 1.165) is 12.2 Å². The first-order valence-electron chi connectivity index (χ1n) is 6.42. The minimum absolute atomic E-state index is 0.578. The lowest BCUT2D eigenvalue weighted by atomic mass is 10.1. The minimum Gasteiger partial charge on any atom is -0.397 e. The van der Waals surface area contributed by atoms with E-state index in [2.05, 4.69) is 46.4 Å². The van der Waals surface area contributed by atoms with E-state index < -0.39 is 0 Å². The molecule has 0 amide bonds. The first-order chi connectivity index (χ1) is 9.65. The Morgan fingerprint density at radius 1 is 1.15 bits per heavy atom. The second-order valence-corrected chi connectivity index (χ2v) is 4.98. The van der Waals surface area contributed by atoms with Gasteiger partial charge in [-0.25, -0.2) is 4.63 Å². The molecule has 20 heavy (non-hydrogen) atoms. The molecule has 0 atom stereocenters. The molecule has 0 fully saturated rings. The van der Waals surface area contributed by atoms with Crippen LogP contribution in [0.25, 0.3) is 11.0 Å². The quantitative estimate of drug-likeness (QED) is 0.740. The summed E-state index contributed by atoms with van der Waals surface area (Å²) >= 11 is 0. The first kappa shape index (κ1) is 12.5. The molecule has 5 nitrogen and oxygen atoms in total. The topological polar surface area (TPSA) is 68.2 Å². The van der Waals surface area contributed by atoms with Crippen molar-refractivity contribution in [1.82, 2.24) is 10.3 Å². The Morgan fingerprint density at radius 2 is 1.95 bits per heavy atom. The summed E-state index contributed by atoms with van der Waals surface area (Å²) in [6, 6.07) is 12.2. The molecule has 5 heteroatoms. The van der Waals surface area contributed by atoms with Crippen LogP contribution in [0.1, 0.15) is 11.1 Å². The molecule has 1 heterocycles. The predicted octanol–water partition coefficient (Wildman–Crippen LogP) is 2.75. The highest BCUT2D eigenvalue weighted by molar-refractivity contribution is 5.95. The second-order valence-electron chi connectivity index (χ2n) is 4.98. The van der Waals surface area contributed by atoms with Crippen molar-refractivity contribution in [1.29, 1.82) is 0 Å². The van der Waals surface area contributed by atoms with Gasteiger partial charge in [0.2, 0.25) is 0 Å². The number of nitrogens with zero attached hydrogens (tertiary/aromatic N) is 3. The van der Waals surface area contributed by atoms with Gasteiger partial charge in [-0.3, -0.25) is 0 Å². The molecule has 0 saturated carbocycles. The minimum atomic E-state index is 0.578. The summed E-state index contributed by atoms with van der Waals surface area (Å²) in [5.41, 5.74) is 11.2. The van der Waals surface area contributed by atoms with Gasteiger partial charge < -0.3 is 10.6 Å². The number of nitrogen functional groups attached to an aromatic ring is 1. The van der Waals surface area contributed by atoms with Crippen molar-refractivity contribution in [2.45, 2.75) is 13.5 Å².